The molecule has 0 aliphatic rings. The maximum absolute atomic E-state index is 12.0. The highest BCUT2D eigenvalue weighted by atomic mass is 19.4. The molecule has 0 bridgehead atoms. The Morgan fingerprint density at radius 1 is 1.32 bits per heavy atom. The molecule has 0 saturated heterocycles. The van der Waals surface area contributed by atoms with Crippen molar-refractivity contribution in [2.24, 2.45) is 0 Å². The minimum absolute atomic E-state index is 0.00492. The Bertz CT molecular complexity index is 554. The Balaban J connectivity index is 2.12. The lowest BCUT2D eigenvalue weighted by molar-refractivity contribution is -0.134. The van der Waals surface area contributed by atoms with Gasteiger partial charge in [0, 0.05) is 18.2 Å². The fourth-order valence-electron chi connectivity index (χ4n) is 1.42. The van der Waals surface area contributed by atoms with Crippen molar-refractivity contribution >= 4 is 0 Å². The van der Waals surface area contributed by atoms with E-state index in [1.165, 1.54) is 12.3 Å². The minimum Gasteiger partial charge on any atom is -0.390 e. The second-order valence-corrected chi connectivity index (χ2v) is 3.82. The Morgan fingerprint density at radius 2 is 2.11 bits per heavy atom. The average Bonchev–Trinajstić information content (AvgIpc) is 2.84. The average molecular weight is 273 g/mol. The molecule has 0 aliphatic carbocycles. The summed E-state index contributed by atoms with van der Waals surface area (Å²) in [6, 6.07) is 3.10. The van der Waals surface area contributed by atoms with Crippen LogP contribution >= 0.6 is 0 Å². The summed E-state index contributed by atoms with van der Waals surface area (Å²) in [5.74, 6) is 0.101. The van der Waals surface area contributed by atoms with Gasteiger partial charge in [-0.05, 0) is 12.1 Å². The van der Waals surface area contributed by atoms with E-state index in [4.69, 9.17) is 9.63 Å². The van der Waals surface area contributed by atoms with Gasteiger partial charge in [0.1, 0.15) is 0 Å². The number of aromatic nitrogens is 3. The Hall–Kier alpha value is -1.96. The molecular weight excluding hydrogens is 263 g/mol. The maximum atomic E-state index is 12.0. The summed E-state index contributed by atoms with van der Waals surface area (Å²) in [6.07, 6.45) is -4.13. The first-order chi connectivity index (χ1) is 8.98. The van der Waals surface area contributed by atoms with Gasteiger partial charge in [-0.3, -0.25) is 4.98 Å². The van der Waals surface area contributed by atoms with Crippen molar-refractivity contribution in [2.75, 3.05) is 0 Å². The molecule has 0 atom stereocenters. The number of hydrogen-bond donors (Lipinski definition) is 1. The van der Waals surface area contributed by atoms with Crippen LogP contribution in [0.3, 0.4) is 0 Å². The van der Waals surface area contributed by atoms with Crippen LogP contribution < -0.4 is 0 Å². The first-order valence-electron chi connectivity index (χ1n) is 5.43. The lowest BCUT2D eigenvalue weighted by Crippen LogP contribution is -2.09. The first kappa shape index (κ1) is 13.5. The molecule has 1 N–H and O–H groups in total. The van der Waals surface area contributed by atoms with E-state index in [1.807, 2.05) is 0 Å². The lowest BCUT2D eigenvalue weighted by atomic mass is 10.2. The number of alkyl halides is 3. The fourth-order valence-corrected chi connectivity index (χ4v) is 1.42. The number of nitrogens with zero attached hydrogens (tertiary/aromatic N) is 3. The molecule has 2 aromatic heterocycles. The number of aliphatic hydroxyl groups is 1. The maximum Gasteiger partial charge on any atom is 0.389 e. The van der Waals surface area contributed by atoms with Gasteiger partial charge in [0.2, 0.25) is 0 Å². The number of halogens is 3. The fraction of sp³-hybridized carbons (Fsp3) is 0.364. The van der Waals surface area contributed by atoms with Crippen molar-refractivity contribution in [3.05, 3.63) is 29.8 Å². The molecule has 102 valence electrons. The van der Waals surface area contributed by atoms with E-state index in [-0.39, 0.29) is 24.7 Å². The summed E-state index contributed by atoms with van der Waals surface area (Å²) in [6.45, 7) is -0.247. The summed E-state index contributed by atoms with van der Waals surface area (Å²) < 4.78 is 41.0. The molecular formula is C11H10F3N3O2. The molecule has 8 heteroatoms. The Labute approximate surface area is 106 Å². The van der Waals surface area contributed by atoms with E-state index in [9.17, 15) is 13.2 Å². The predicted octanol–water partition coefficient (Wildman–Crippen LogP) is 2.12. The van der Waals surface area contributed by atoms with Crippen LogP contribution in [-0.4, -0.2) is 26.4 Å². The van der Waals surface area contributed by atoms with Crippen molar-refractivity contribution in [3.8, 4) is 11.5 Å². The molecule has 0 radical (unpaired) electrons. The van der Waals surface area contributed by atoms with Gasteiger partial charge in [0.15, 0.2) is 5.82 Å². The highest BCUT2D eigenvalue weighted by molar-refractivity contribution is 5.52. The molecule has 2 heterocycles. The van der Waals surface area contributed by atoms with Gasteiger partial charge in [-0.1, -0.05) is 5.16 Å². The topological polar surface area (TPSA) is 72.0 Å². The van der Waals surface area contributed by atoms with Crippen LogP contribution in [-0.2, 0) is 13.0 Å². The van der Waals surface area contributed by atoms with Gasteiger partial charge in [0.05, 0.1) is 18.7 Å². The molecule has 0 fully saturated rings. The zero-order chi connectivity index (χ0) is 13.9. The van der Waals surface area contributed by atoms with Crippen LogP contribution in [0.25, 0.3) is 11.5 Å². The molecule has 0 aromatic carbocycles. The second kappa shape index (κ2) is 5.35. The highest BCUT2D eigenvalue weighted by Gasteiger charge is 2.27. The van der Waals surface area contributed by atoms with E-state index in [1.54, 1.807) is 6.07 Å². The number of aliphatic hydroxyl groups excluding tert-OH is 1. The molecule has 2 aromatic rings. The minimum atomic E-state index is -4.25. The summed E-state index contributed by atoms with van der Waals surface area (Å²) in [4.78, 5) is 7.74. The third-order valence-corrected chi connectivity index (χ3v) is 2.33. The number of aryl methyl sites for hydroxylation is 1. The first-order valence-corrected chi connectivity index (χ1v) is 5.43. The van der Waals surface area contributed by atoms with Gasteiger partial charge in [0.25, 0.3) is 5.89 Å². The van der Waals surface area contributed by atoms with Crippen molar-refractivity contribution in [3.63, 3.8) is 0 Å². The van der Waals surface area contributed by atoms with Gasteiger partial charge < -0.3 is 9.63 Å². The van der Waals surface area contributed by atoms with Gasteiger partial charge in [-0.2, -0.15) is 18.2 Å². The summed E-state index contributed by atoms with van der Waals surface area (Å²) >= 11 is 0. The third kappa shape index (κ3) is 3.75. The number of hydrogen-bond acceptors (Lipinski definition) is 5. The van der Waals surface area contributed by atoms with Crippen LogP contribution in [0.2, 0.25) is 0 Å². The van der Waals surface area contributed by atoms with E-state index in [0.717, 1.165) is 0 Å². The van der Waals surface area contributed by atoms with Crippen LogP contribution in [0.1, 0.15) is 17.9 Å². The molecule has 0 spiro atoms. The van der Waals surface area contributed by atoms with Crippen LogP contribution in [0.15, 0.2) is 22.9 Å². The van der Waals surface area contributed by atoms with E-state index in [0.29, 0.717) is 11.3 Å². The summed E-state index contributed by atoms with van der Waals surface area (Å²) in [7, 11) is 0. The molecule has 19 heavy (non-hydrogen) atoms. The largest absolute Gasteiger partial charge is 0.390 e. The summed E-state index contributed by atoms with van der Waals surface area (Å²) in [5.41, 5.74) is 0.914. The molecule has 0 unspecified atom stereocenters. The molecule has 5 nitrogen and oxygen atoms in total. The molecule has 0 amide bonds. The highest BCUT2D eigenvalue weighted by Crippen LogP contribution is 2.22. The van der Waals surface area contributed by atoms with E-state index < -0.39 is 12.6 Å². The Morgan fingerprint density at radius 3 is 2.79 bits per heavy atom. The van der Waals surface area contributed by atoms with Crippen LogP contribution in [0, 0.1) is 0 Å². The third-order valence-electron chi connectivity index (χ3n) is 2.33. The number of pyridine rings is 1. The smallest absolute Gasteiger partial charge is 0.389 e. The van der Waals surface area contributed by atoms with E-state index in [2.05, 4.69) is 15.1 Å². The molecule has 0 saturated carbocycles. The van der Waals surface area contributed by atoms with Crippen molar-refractivity contribution in [1.29, 1.82) is 0 Å². The molecule has 2 rings (SSSR count). The standard InChI is InChI=1S/C11H10F3N3O2/c12-11(13,14)3-1-9-16-10(19-17-9)7-2-4-15-8(5-7)6-18/h2,4-5,18H,1,3,6H2. The summed E-state index contributed by atoms with van der Waals surface area (Å²) in [5, 5.41) is 12.4. The van der Waals surface area contributed by atoms with Gasteiger partial charge >= 0.3 is 6.18 Å². The normalized spacial score (nSPS) is 11.8. The Kier molecular flexibility index (Phi) is 3.79. The monoisotopic (exact) mass is 273 g/mol. The van der Waals surface area contributed by atoms with Crippen LogP contribution in [0.4, 0.5) is 13.2 Å². The van der Waals surface area contributed by atoms with E-state index >= 15 is 0 Å². The van der Waals surface area contributed by atoms with Crippen LogP contribution in [0.5, 0.6) is 0 Å². The zero-order valence-corrected chi connectivity index (χ0v) is 9.68. The predicted molar refractivity (Wildman–Crippen MR) is 57.8 cm³/mol. The SMILES string of the molecule is OCc1cc(-c2nc(CCC(F)(F)F)no2)ccn1. The second-order valence-electron chi connectivity index (χ2n) is 3.82. The van der Waals surface area contributed by atoms with Crippen molar-refractivity contribution in [1.82, 2.24) is 15.1 Å². The zero-order valence-electron chi connectivity index (χ0n) is 9.68. The quantitative estimate of drug-likeness (QED) is 0.923. The number of rotatable bonds is 4. The lowest BCUT2D eigenvalue weighted by Gasteiger charge is -2.01. The van der Waals surface area contributed by atoms with Gasteiger partial charge in [-0.15, -0.1) is 0 Å². The van der Waals surface area contributed by atoms with Crippen molar-refractivity contribution in [2.45, 2.75) is 25.6 Å². The van der Waals surface area contributed by atoms with Crippen molar-refractivity contribution < 1.29 is 22.8 Å². The van der Waals surface area contributed by atoms with Gasteiger partial charge in [-0.25, -0.2) is 0 Å². The molecule has 0 aliphatic heterocycles.